The summed E-state index contributed by atoms with van der Waals surface area (Å²) in [5, 5.41) is 1.83. The molecule has 0 saturated carbocycles. The van der Waals surface area contributed by atoms with Crippen molar-refractivity contribution in [3.05, 3.63) is 21.9 Å². The van der Waals surface area contributed by atoms with E-state index >= 15 is 0 Å². The van der Waals surface area contributed by atoms with Gasteiger partial charge in [-0.05, 0) is 17.0 Å². The quantitative estimate of drug-likeness (QED) is 0.511. The summed E-state index contributed by atoms with van der Waals surface area (Å²) in [6.07, 6.45) is 5.61. The molecule has 3 heteroatoms. The molecule has 0 saturated heterocycles. The van der Waals surface area contributed by atoms with Crippen LogP contribution in [0.5, 0.6) is 0 Å². The van der Waals surface area contributed by atoms with E-state index in [-0.39, 0.29) is 5.97 Å². The Bertz CT molecular complexity index is 320. The molecule has 0 aliphatic rings. The molecule has 0 amide bonds. The summed E-state index contributed by atoms with van der Waals surface area (Å²) >= 11 is 1.35. The molecule has 0 aromatic carbocycles. The van der Waals surface area contributed by atoms with Crippen molar-refractivity contribution >= 4 is 17.3 Å². The Kier molecular flexibility index (Phi) is 2.89. The zero-order chi connectivity index (χ0) is 8.97. The van der Waals surface area contributed by atoms with Crippen molar-refractivity contribution in [3.63, 3.8) is 0 Å². The van der Waals surface area contributed by atoms with E-state index in [1.54, 1.807) is 0 Å². The molecule has 1 rings (SSSR count). The van der Waals surface area contributed by atoms with Crippen molar-refractivity contribution in [2.45, 2.75) is 6.42 Å². The maximum atomic E-state index is 11.1. The number of thiophene rings is 1. The molecule has 62 valence electrons. The largest absolute Gasteiger partial charge is 0.465 e. The molecule has 0 unspecified atom stereocenters. The molecule has 0 bridgehead atoms. The second-order valence-corrected chi connectivity index (χ2v) is 3.06. The number of rotatable bonds is 2. The van der Waals surface area contributed by atoms with E-state index in [1.807, 2.05) is 11.4 Å². The van der Waals surface area contributed by atoms with Gasteiger partial charge in [-0.3, -0.25) is 0 Å². The lowest BCUT2D eigenvalue weighted by atomic mass is 10.2. The van der Waals surface area contributed by atoms with E-state index < -0.39 is 0 Å². The smallest absolute Gasteiger partial charge is 0.348 e. The maximum Gasteiger partial charge on any atom is 0.348 e. The van der Waals surface area contributed by atoms with Crippen molar-refractivity contribution < 1.29 is 9.53 Å². The molecule has 0 aliphatic heterocycles. The minimum Gasteiger partial charge on any atom is -0.465 e. The first-order valence-corrected chi connectivity index (χ1v) is 4.25. The van der Waals surface area contributed by atoms with Crippen LogP contribution in [0.2, 0.25) is 0 Å². The van der Waals surface area contributed by atoms with Gasteiger partial charge in [0.15, 0.2) is 0 Å². The Morgan fingerprint density at radius 2 is 2.58 bits per heavy atom. The summed E-state index contributed by atoms with van der Waals surface area (Å²) in [6.45, 7) is 0. The lowest BCUT2D eigenvalue weighted by molar-refractivity contribution is 0.0605. The number of ether oxygens (including phenoxy) is 1. The molecular weight excluding hydrogens is 172 g/mol. The molecule has 2 nitrogen and oxygen atoms in total. The Morgan fingerprint density at radius 3 is 3.17 bits per heavy atom. The number of methoxy groups -OCH3 is 1. The molecule has 0 atom stereocenters. The highest BCUT2D eigenvalue weighted by Gasteiger charge is 2.11. The van der Waals surface area contributed by atoms with Crippen LogP contribution in [-0.2, 0) is 11.2 Å². The van der Waals surface area contributed by atoms with Gasteiger partial charge in [-0.25, -0.2) is 4.79 Å². The minimum absolute atomic E-state index is 0.310. The Hall–Kier alpha value is -1.27. The number of carbonyl (C=O) groups is 1. The van der Waals surface area contributed by atoms with Crippen LogP contribution < -0.4 is 0 Å². The fourth-order valence-corrected chi connectivity index (χ4v) is 1.70. The van der Waals surface area contributed by atoms with Crippen LogP contribution in [0.3, 0.4) is 0 Å². The lowest BCUT2D eigenvalue weighted by Gasteiger charge is -1.96. The third-order valence-electron chi connectivity index (χ3n) is 1.41. The number of hydrogen-bond acceptors (Lipinski definition) is 3. The van der Waals surface area contributed by atoms with Crippen molar-refractivity contribution in [2.24, 2.45) is 0 Å². The fraction of sp³-hybridized carbons (Fsp3) is 0.222. The molecule has 0 aliphatic carbocycles. The van der Waals surface area contributed by atoms with Gasteiger partial charge in [-0.1, -0.05) is 0 Å². The number of esters is 1. The average Bonchev–Trinajstić information content (AvgIpc) is 2.52. The summed E-state index contributed by atoms with van der Waals surface area (Å²) in [5.41, 5.74) is 0.870. The van der Waals surface area contributed by atoms with Gasteiger partial charge in [-0.15, -0.1) is 23.7 Å². The minimum atomic E-state index is -0.310. The van der Waals surface area contributed by atoms with Gasteiger partial charge in [0, 0.05) is 6.42 Å². The third kappa shape index (κ3) is 1.66. The standard InChI is InChI=1S/C9H8O2S/c1-3-4-7-5-6-12-8(7)9(10)11-2/h1,5-6H,4H2,2H3. The fourth-order valence-electron chi connectivity index (χ4n) is 0.857. The van der Waals surface area contributed by atoms with Gasteiger partial charge < -0.3 is 4.74 Å². The zero-order valence-corrected chi connectivity index (χ0v) is 7.48. The van der Waals surface area contributed by atoms with Crippen LogP contribution in [-0.4, -0.2) is 13.1 Å². The lowest BCUT2D eigenvalue weighted by Crippen LogP contribution is -2.01. The van der Waals surface area contributed by atoms with Crippen LogP contribution in [0, 0.1) is 12.3 Å². The van der Waals surface area contributed by atoms with Crippen LogP contribution in [0.1, 0.15) is 15.2 Å². The highest BCUT2D eigenvalue weighted by Crippen LogP contribution is 2.17. The first kappa shape index (κ1) is 8.82. The number of hydrogen-bond donors (Lipinski definition) is 0. The van der Waals surface area contributed by atoms with E-state index in [2.05, 4.69) is 10.7 Å². The first-order chi connectivity index (χ1) is 5.79. The highest BCUT2D eigenvalue weighted by atomic mass is 32.1. The van der Waals surface area contributed by atoms with Crippen molar-refractivity contribution in [1.82, 2.24) is 0 Å². The van der Waals surface area contributed by atoms with Crippen LogP contribution >= 0.6 is 11.3 Å². The number of terminal acetylenes is 1. The molecule has 1 aromatic heterocycles. The summed E-state index contributed by atoms with van der Waals surface area (Å²) in [5.74, 6) is 2.18. The van der Waals surface area contributed by atoms with Gasteiger partial charge >= 0.3 is 5.97 Å². The van der Waals surface area contributed by atoms with Crippen molar-refractivity contribution in [3.8, 4) is 12.3 Å². The molecule has 0 fully saturated rings. The van der Waals surface area contributed by atoms with Crippen molar-refractivity contribution in [1.29, 1.82) is 0 Å². The van der Waals surface area contributed by atoms with E-state index in [9.17, 15) is 4.79 Å². The molecular formula is C9H8O2S. The zero-order valence-electron chi connectivity index (χ0n) is 6.66. The van der Waals surface area contributed by atoms with E-state index in [0.717, 1.165) is 5.56 Å². The summed E-state index contributed by atoms with van der Waals surface area (Å²) in [4.78, 5) is 11.7. The van der Waals surface area contributed by atoms with E-state index in [4.69, 9.17) is 6.42 Å². The maximum absolute atomic E-state index is 11.1. The molecule has 1 heterocycles. The molecule has 0 N–H and O–H groups in total. The van der Waals surface area contributed by atoms with Crippen LogP contribution in [0.4, 0.5) is 0 Å². The predicted octanol–water partition coefficient (Wildman–Crippen LogP) is 1.71. The Morgan fingerprint density at radius 1 is 1.83 bits per heavy atom. The third-order valence-corrected chi connectivity index (χ3v) is 2.35. The molecule has 0 radical (unpaired) electrons. The summed E-state index contributed by atoms with van der Waals surface area (Å²) in [7, 11) is 1.36. The summed E-state index contributed by atoms with van der Waals surface area (Å²) < 4.78 is 4.58. The van der Waals surface area contributed by atoms with Gasteiger partial charge in [0.2, 0.25) is 0 Å². The predicted molar refractivity (Wildman–Crippen MR) is 48.2 cm³/mol. The second-order valence-electron chi connectivity index (χ2n) is 2.15. The van der Waals surface area contributed by atoms with E-state index in [0.29, 0.717) is 11.3 Å². The van der Waals surface area contributed by atoms with Crippen LogP contribution in [0.15, 0.2) is 11.4 Å². The van der Waals surface area contributed by atoms with E-state index in [1.165, 1.54) is 18.4 Å². The Balaban J connectivity index is 2.92. The average molecular weight is 180 g/mol. The first-order valence-electron chi connectivity index (χ1n) is 3.37. The van der Waals surface area contributed by atoms with Gasteiger partial charge in [-0.2, -0.15) is 0 Å². The number of carbonyl (C=O) groups excluding carboxylic acids is 1. The SMILES string of the molecule is C#CCc1ccsc1C(=O)OC. The monoisotopic (exact) mass is 180 g/mol. The van der Waals surface area contributed by atoms with Crippen molar-refractivity contribution in [2.75, 3.05) is 7.11 Å². The molecule has 1 aromatic rings. The second kappa shape index (κ2) is 3.93. The Labute approximate surface area is 75.2 Å². The van der Waals surface area contributed by atoms with Gasteiger partial charge in [0.25, 0.3) is 0 Å². The summed E-state index contributed by atoms with van der Waals surface area (Å²) in [6, 6.07) is 1.84. The van der Waals surface area contributed by atoms with Gasteiger partial charge in [0.1, 0.15) is 4.88 Å². The van der Waals surface area contributed by atoms with Crippen LogP contribution in [0.25, 0.3) is 0 Å². The normalized spacial score (nSPS) is 9.00. The molecule has 12 heavy (non-hydrogen) atoms. The molecule has 0 spiro atoms. The topological polar surface area (TPSA) is 26.3 Å². The highest BCUT2D eigenvalue weighted by molar-refractivity contribution is 7.12. The van der Waals surface area contributed by atoms with Gasteiger partial charge in [0.05, 0.1) is 7.11 Å².